The van der Waals surface area contributed by atoms with Crippen molar-refractivity contribution in [3.05, 3.63) is 11.8 Å². The SMILES string of the molecule is CSCCC(=O)Nc1cc(C)nn1C(C)C1CC1. The molecule has 0 spiro atoms. The first-order valence-corrected chi connectivity index (χ1v) is 7.86. The average molecular weight is 267 g/mol. The van der Waals surface area contributed by atoms with E-state index in [0.29, 0.717) is 12.5 Å². The number of aryl methyl sites for hydroxylation is 1. The summed E-state index contributed by atoms with van der Waals surface area (Å²) in [5.74, 6) is 2.51. The highest BCUT2D eigenvalue weighted by Gasteiger charge is 2.31. The third kappa shape index (κ3) is 3.28. The Labute approximate surface area is 113 Å². The van der Waals surface area contributed by atoms with E-state index in [-0.39, 0.29) is 5.91 Å². The van der Waals surface area contributed by atoms with Crippen molar-refractivity contribution in [3.63, 3.8) is 0 Å². The molecule has 0 bridgehead atoms. The third-order valence-corrected chi connectivity index (χ3v) is 3.96. The lowest BCUT2D eigenvalue weighted by Gasteiger charge is -2.15. The minimum Gasteiger partial charge on any atom is -0.311 e. The van der Waals surface area contributed by atoms with Gasteiger partial charge in [0.15, 0.2) is 0 Å². The standard InChI is InChI=1S/C13H21N3OS/c1-9-8-12(14-13(17)6-7-18-3)16(15-9)10(2)11-4-5-11/h8,10-11H,4-7H2,1-3H3,(H,14,17). The second-order valence-corrected chi connectivity index (χ2v) is 5.97. The first kappa shape index (κ1) is 13.5. The molecule has 1 aromatic heterocycles. The van der Waals surface area contributed by atoms with Crippen LogP contribution in [0.4, 0.5) is 5.82 Å². The first-order chi connectivity index (χ1) is 8.61. The van der Waals surface area contributed by atoms with Gasteiger partial charge in [-0.15, -0.1) is 0 Å². The van der Waals surface area contributed by atoms with Gasteiger partial charge in [0, 0.05) is 18.2 Å². The maximum Gasteiger partial charge on any atom is 0.226 e. The lowest BCUT2D eigenvalue weighted by molar-refractivity contribution is -0.115. The number of carbonyl (C=O) groups is 1. The Morgan fingerprint density at radius 3 is 3.00 bits per heavy atom. The molecule has 4 nitrogen and oxygen atoms in total. The van der Waals surface area contributed by atoms with Crippen LogP contribution in [0.1, 0.15) is 37.9 Å². The monoisotopic (exact) mass is 267 g/mol. The van der Waals surface area contributed by atoms with Crippen LogP contribution in [0.2, 0.25) is 0 Å². The van der Waals surface area contributed by atoms with Gasteiger partial charge in [-0.05, 0) is 38.9 Å². The number of hydrogen-bond acceptors (Lipinski definition) is 3. The molecule has 0 saturated heterocycles. The highest BCUT2D eigenvalue weighted by atomic mass is 32.2. The van der Waals surface area contributed by atoms with Crippen molar-refractivity contribution in [3.8, 4) is 0 Å². The molecule has 1 saturated carbocycles. The number of rotatable bonds is 6. The molecule has 100 valence electrons. The van der Waals surface area contributed by atoms with Crippen LogP contribution < -0.4 is 5.32 Å². The molecule has 1 aliphatic carbocycles. The van der Waals surface area contributed by atoms with Crippen molar-refractivity contribution in [1.82, 2.24) is 9.78 Å². The Kier molecular flexibility index (Phi) is 4.32. The van der Waals surface area contributed by atoms with E-state index in [2.05, 4.69) is 17.3 Å². The van der Waals surface area contributed by atoms with Crippen molar-refractivity contribution in [2.24, 2.45) is 5.92 Å². The van der Waals surface area contributed by atoms with Gasteiger partial charge in [-0.3, -0.25) is 4.79 Å². The van der Waals surface area contributed by atoms with E-state index in [1.54, 1.807) is 11.8 Å². The average Bonchev–Trinajstić information content (AvgIpc) is 3.11. The molecule has 5 heteroatoms. The highest BCUT2D eigenvalue weighted by Crippen LogP contribution is 2.40. The summed E-state index contributed by atoms with van der Waals surface area (Å²) in [5, 5.41) is 7.48. The Morgan fingerprint density at radius 2 is 2.39 bits per heavy atom. The molecule has 0 radical (unpaired) electrons. The number of nitrogens with one attached hydrogen (secondary N) is 1. The van der Waals surface area contributed by atoms with Crippen LogP contribution >= 0.6 is 11.8 Å². The Morgan fingerprint density at radius 1 is 1.67 bits per heavy atom. The van der Waals surface area contributed by atoms with Gasteiger partial charge in [0.25, 0.3) is 0 Å². The highest BCUT2D eigenvalue weighted by molar-refractivity contribution is 7.98. The lowest BCUT2D eigenvalue weighted by atomic mass is 10.2. The predicted molar refractivity (Wildman–Crippen MR) is 76.0 cm³/mol. The number of anilines is 1. The Balaban J connectivity index is 2.04. The topological polar surface area (TPSA) is 46.9 Å². The summed E-state index contributed by atoms with van der Waals surface area (Å²) in [6, 6.07) is 2.34. The van der Waals surface area contributed by atoms with E-state index in [9.17, 15) is 4.79 Å². The molecular weight excluding hydrogens is 246 g/mol. The van der Waals surface area contributed by atoms with Crippen LogP contribution in [0.25, 0.3) is 0 Å². The summed E-state index contributed by atoms with van der Waals surface area (Å²) in [6.07, 6.45) is 5.12. The molecule has 18 heavy (non-hydrogen) atoms. The van der Waals surface area contributed by atoms with Gasteiger partial charge in [0.05, 0.1) is 11.7 Å². The van der Waals surface area contributed by atoms with Crippen molar-refractivity contribution >= 4 is 23.5 Å². The molecule has 1 atom stereocenters. The summed E-state index contributed by atoms with van der Waals surface area (Å²) in [4.78, 5) is 11.8. The number of carbonyl (C=O) groups excluding carboxylic acids is 1. The summed E-state index contributed by atoms with van der Waals surface area (Å²) < 4.78 is 1.98. The fourth-order valence-electron chi connectivity index (χ4n) is 2.10. The van der Waals surface area contributed by atoms with Gasteiger partial charge < -0.3 is 5.32 Å². The maximum absolute atomic E-state index is 11.8. The van der Waals surface area contributed by atoms with Gasteiger partial charge in [0.2, 0.25) is 5.91 Å². The van der Waals surface area contributed by atoms with E-state index in [4.69, 9.17) is 0 Å². The molecule has 1 N–H and O–H groups in total. The summed E-state index contributed by atoms with van der Waals surface area (Å²) in [7, 11) is 0. The van der Waals surface area contributed by atoms with Crippen molar-refractivity contribution in [1.29, 1.82) is 0 Å². The Hall–Kier alpha value is -0.970. The quantitative estimate of drug-likeness (QED) is 0.862. The molecule has 1 aliphatic rings. The van der Waals surface area contributed by atoms with Gasteiger partial charge in [-0.25, -0.2) is 4.68 Å². The van der Waals surface area contributed by atoms with Crippen molar-refractivity contribution in [2.45, 2.75) is 39.2 Å². The van der Waals surface area contributed by atoms with E-state index < -0.39 is 0 Å². The van der Waals surface area contributed by atoms with E-state index >= 15 is 0 Å². The van der Waals surface area contributed by atoms with Crippen LogP contribution in [0, 0.1) is 12.8 Å². The minimum absolute atomic E-state index is 0.0773. The van der Waals surface area contributed by atoms with Gasteiger partial charge >= 0.3 is 0 Å². The van der Waals surface area contributed by atoms with Gasteiger partial charge in [-0.2, -0.15) is 16.9 Å². The van der Waals surface area contributed by atoms with Gasteiger partial charge in [-0.1, -0.05) is 0 Å². The molecule has 1 fully saturated rings. The zero-order chi connectivity index (χ0) is 13.1. The van der Waals surface area contributed by atoms with Crippen LogP contribution in [-0.2, 0) is 4.79 Å². The predicted octanol–water partition coefficient (Wildman–Crippen LogP) is 2.85. The maximum atomic E-state index is 11.8. The lowest BCUT2D eigenvalue weighted by Crippen LogP contribution is -2.18. The van der Waals surface area contributed by atoms with Crippen LogP contribution in [0.3, 0.4) is 0 Å². The second-order valence-electron chi connectivity index (χ2n) is 4.98. The molecule has 1 unspecified atom stereocenters. The van der Waals surface area contributed by atoms with Crippen LogP contribution in [-0.4, -0.2) is 27.7 Å². The number of nitrogens with zero attached hydrogens (tertiary/aromatic N) is 2. The number of aromatic nitrogens is 2. The molecule has 0 aliphatic heterocycles. The number of thioether (sulfide) groups is 1. The largest absolute Gasteiger partial charge is 0.311 e. The molecule has 0 aromatic carbocycles. The summed E-state index contributed by atoms with van der Waals surface area (Å²) >= 11 is 1.69. The van der Waals surface area contributed by atoms with Crippen LogP contribution in [0.15, 0.2) is 6.07 Å². The van der Waals surface area contributed by atoms with Crippen molar-refractivity contribution < 1.29 is 4.79 Å². The zero-order valence-electron chi connectivity index (χ0n) is 11.3. The third-order valence-electron chi connectivity index (χ3n) is 3.35. The van der Waals surface area contributed by atoms with Crippen LogP contribution in [0.5, 0.6) is 0 Å². The Bertz CT molecular complexity index is 426. The molecule has 1 amide bonds. The van der Waals surface area contributed by atoms with E-state index in [1.165, 1.54) is 12.8 Å². The smallest absolute Gasteiger partial charge is 0.226 e. The molecule has 2 rings (SSSR count). The van der Waals surface area contributed by atoms with Crippen molar-refractivity contribution in [2.75, 3.05) is 17.3 Å². The minimum atomic E-state index is 0.0773. The molecule has 1 aromatic rings. The molecular formula is C13H21N3OS. The van der Waals surface area contributed by atoms with E-state index in [0.717, 1.165) is 23.2 Å². The zero-order valence-corrected chi connectivity index (χ0v) is 12.1. The normalized spacial score (nSPS) is 16.6. The fourth-order valence-corrected chi connectivity index (χ4v) is 2.49. The number of hydrogen-bond donors (Lipinski definition) is 1. The molecule has 1 heterocycles. The summed E-state index contributed by atoms with van der Waals surface area (Å²) in [5.41, 5.74) is 0.961. The number of amides is 1. The fraction of sp³-hybridized carbons (Fsp3) is 0.692. The van der Waals surface area contributed by atoms with Gasteiger partial charge in [0.1, 0.15) is 5.82 Å². The van der Waals surface area contributed by atoms with E-state index in [1.807, 2.05) is 23.9 Å². The first-order valence-electron chi connectivity index (χ1n) is 6.46. The summed E-state index contributed by atoms with van der Waals surface area (Å²) in [6.45, 7) is 4.15. The second kappa shape index (κ2) is 5.78.